The molecule has 5 nitrogen and oxygen atoms in total. The molecule has 1 aromatic heterocycles. The van der Waals surface area contributed by atoms with Gasteiger partial charge >= 0.3 is 0 Å². The van der Waals surface area contributed by atoms with Gasteiger partial charge in [0.2, 0.25) is 0 Å². The van der Waals surface area contributed by atoms with Crippen LogP contribution in [0.1, 0.15) is 38.3 Å². The summed E-state index contributed by atoms with van der Waals surface area (Å²) in [6.07, 6.45) is 2.68. The van der Waals surface area contributed by atoms with Gasteiger partial charge in [-0.1, -0.05) is 34.8 Å². The molecule has 2 amide bonds. The molecule has 0 fully saturated rings. The topological polar surface area (TPSA) is 81.4 Å². The number of aryl methyl sites for hydroxylation is 1. The van der Waals surface area contributed by atoms with E-state index in [0.29, 0.717) is 26.7 Å². The summed E-state index contributed by atoms with van der Waals surface area (Å²) >= 11 is 20.1. The molecule has 1 aromatic carbocycles. The summed E-state index contributed by atoms with van der Waals surface area (Å²) < 4.78 is 5.55. The van der Waals surface area contributed by atoms with Crippen molar-refractivity contribution in [1.82, 2.24) is 0 Å². The fourth-order valence-electron chi connectivity index (χ4n) is 3.09. The summed E-state index contributed by atoms with van der Waals surface area (Å²) in [4.78, 5) is 25.2. The number of fused-ring (bicyclic) bond motifs is 1. The van der Waals surface area contributed by atoms with Crippen LogP contribution in [0.2, 0.25) is 15.1 Å². The number of benzene rings is 1. The number of hydrogen-bond donors (Lipinski definition) is 2. The van der Waals surface area contributed by atoms with Crippen molar-refractivity contribution in [3.8, 4) is 5.75 Å². The Bertz CT molecular complexity index is 927. The summed E-state index contributed by atoms with van der Waals surface area (Å²) in [5.74, 6) is -0.771. The molecule has 0 unspecified atom stereocenters. The Morgan fingerprint density at radius 2 is 1.74 bits per heavy atom. The van der Waals surface area contributed by atoms with Gasteiger partial charge in [-0.3, -0.25) is 9.59 Å². The number of ether oxygens (including phenoxy) is 1. The van der Waals surface area contributed by atoms with E-state index in [9.17, 15) is 9.59 Å². The first-order chi connectivity index (χ1) is 12.7. The first-order valence-corrected chi connectivity index (χ1v) is 10.2. The standard InChI is InChI=1S/C18H17Cl3N2O3S/c1-7-13(19)8(2)15(21)16(14(7)20)26-6-11(24)23-18-12(17(22)25)9-4-3-5-10(9)27-18/h3-6H2,1-2H3,(H2,22,25)(H,23,24). The minimum atomic E-state index is -0.541. The van der Waals surface area contributed by atoms with Crippen LogP contribution in [-0.2, 0) is 17.6 Å². The molecule has 0 radical (unpaired) electrons. The molecule has 0 saturated heterocycles. The minimum absolute atomic E-state index is 0.205. The van der Waals surface area contributed by atoms with Crippen molar-refractivity contribution in [2.45, 2.75) is 33.1 Å². The SMILES string of the molecule is Cc1c(Cl)c(C)c(Cl)c(OCC(=O)Nc2sc3c(c2C(N)=O)CCC3)c1Cl. The fraction of sp³-hybridized carbons (Fsp3) is 0.333. The predicted octanol–water partition coefficient (Wildman–Crippen LogP) is 4.93. The highest BCUT2D eigenvalue weighted by Crippen LogP contribution is 2.43. The summed E-state index contributed by atoms with van der Waals surface area (Å²) in [5.41, 5.74) is 8.09. The molecule has 0 aliphatic heterocycles. The molecule has 27 heavy (non-hydrogen) atoms. The first-order valence-electron chi connectivity index (χ1n) is 8.23. The second kappa shape index (κ2) is 7.87. The van der Waals surface area contributed by atoms with Gasteiger partial charge in [0.25, 0.3) is 11.8 Å². The highest BCUT2D eigenvalue weighted by Gasteiger charge is 2.26. The van der Waals surface area contributed by atoms with E-state index in [2.05, 4.69) is 5.32 Å². The third-order valence-electron chi connectivity index (χ3n) is 4.48. The van der Waals surface area contributed by atoms with Gasteiger partial charge in [0.05, 0.1) is 15.6 Å². The van der Waals surface area contributed by atoms with Gasteiger partial charge in [-0.15, -0.1) is 11.3 Å². The number of nitrogens with one attached hydrogen (secondary N) is 1. The monoisotopic (exact) mass is 446 g/mol. The van der Waals surface area contributed by atoms with Gasteiger partial charge in [0, 0.05) is 9.90 Å². The lowest BCUT2D eigenvalue weighted by atomic mass is 10.1. The Hall–Kier alpha value is -1.47. The molecule has 0 saturated carbocycles. The summed E-state index contributed by atoms with van der Waals surface area (Å²) in [7, 11) is 0. The number of primary amides is 1. The van der Waals surface area contributed by atoms with E-state index in [1.165, 1.54) is 11.3 Å². The minimum Gasteiger partial charge on any atom is -0.481 e. The average molecular weight is 448 g/mol. The number of nitrogens with two attached hydrogens (primary N) is 1. The summed E-state index contributed by atoms with van der Waals surface area (Å²) in [6.45, 7) is 3.17. The largest absolute Gasteiger partial charge is 0.481 e. The van der Waals surface area contributed by atoms with E-state index in [-0.39, 0.29) is 22.4 Å². The third-order valence-corrected chi connectivity index (χ3v) is 7.17. The van der Waals surface area contributed by atoms with Crippen molar-refractivity contribution in [1.29, 1.82) is 0 Å². The molecule has 9 heteroatoms. The Morgan fingerprint density at radius 1 is 1.11 bits per heavy atom. The van der Waals surface area contributed by atoms with Gasteiger partial charge in [-0.2, -0.15) is 0 Å². The van der Waals surface area contributed by atoms with E-state index in [4.69, 9.17) is 45.3 Å². The quantitative estimate of drug-likeness (QED) is 0.682. The van der Waals surface area contributed by atoms with Crippen molar-refractivity contribution in [3.05, 3.63) is 42.2 Å². The highest BCUT2D eigenvalue weighted by atomic mass is 35.5. The molecule has 144 valence electrons. The van der Waals surface area contributed by atoms with E-state index in [0.717, 1.165) is 29.7 Å². The number of amides is 2. The molecule has 3 rings (SSSR count). The van der Waals surface area contributed by atoms with Crippen LogP contribution in [0.3, 0.4) is 0 Å². The van der Waals surface area contributed by atoms with E-state index >= 15 is 0 Å². The molecule has 0 spiro atoms. The highest BCUT2D eigenvalue weighted by molar-refractivity contribution is 7.17. The van der Waals surface area contributed by atoms with Crippen LogP contribution in [0.5, 0.6) is 5.75 Å². The van der Waals surface area contributed by atoms with Crippen LogP contribution < -0.4 is 15.8 Å². The second-order valence-corrected chi connectivity index (χ2v) is 8.52. The lowest BCUT2D eigenvalue weighted by molar-refractivity contribution is -0.118. The molecule has 1 aliphatic carbocycles. The number of carbonyl (C=O) groups excluding carboxylic acids is 2. The molecular weight excluding hydrogens is 431 g/mol. The maximum atomic E-state index is 12.4. The molecule has 1 aliphatic rings. The lowest BCUT2D eigenvalue weighted by Crippen LogP contribution is -2.22. The molecular formula is C18H17Cl3N2O3S. The van der Waals surface area contributed by atoms with Gasteiger partial charge in [-0.25, -0.2) is 0 Å². The van der Waals surface area contributed by atoms with Crippen molar-refractivity contribution >= 4 is 63.0 Å². The van der Waals surface area contributed by atoms with Crippen LogP contribution in [0.25, 0.3) is 0 Å². The van der Waals surface area contributed by atoms with Crippen molar-refractivity contribution in [3.63, 3.8) is 0 Å². The Kier molecular flexibility index (Phi) is 5.91. The van der Waals surface area contributed by atoms with E-state index in [1.54, 1.807) is 13.8 Å². The number of rotatable bonds is 5. The second-order valence-electron chi connectivity index (χ2n) is 6.28. The fourth-order valence-corrected chi connectivity index (χ4v) is 5.22. The zero-order chi connectivity index (χ0) is 19.9. The van der Waals surface area contributed by atoms with Gasteiger partial charge in [0.15, 0.2) is 12.4 Å². The lowest BCUT2D eigenvalue weighted by Gasteiger charge is -2.15. The number of hydrogen-bond acceptors (Lipinski definition) is 4. The van der Waals surface area contributed by atoms with Crippen LogP contribution in [0, 0.1) is 13.8 Å². The van der Waals surface area contributed by atoms with Crippen molar-refractivity contribution < 1.29 is 14.3 Å². The maximum Gasteiger partial charge on any atom is 0.262 e. The number of carbonyl (C=O) groups is 2. The number of anilines is 1. The van der Waals surface area contributed by atoms with Crippen LogP contribution >= 0.6 is 46.1 Å². The molecule has 0 bridgehead atoms. The Balaban J connectivity index is 1.76. The van der Waals surface area contributed by atoms with Crippen molar-refractivity contribution in [2.24, 2.45) is 5.73 Å². The van der Waals surface area contributed by atoms with Crippen molar-refractivity contribution in [2.75, 3.05) is 11.9 Å². The maximum absolute atomic E-state index is 12.4. The van der Waals surface area contributed by atoms with Gasteiger partial charge in [-0.05, 0) is 49.8 Å². The summed E-state index contributed by atoms with van der Waals surface area (Å²) in [6, 6.07) is 0. The van der Waals surface area contributed by atoms with Crippen LogP contribution in [0.4, 0.5) is 5.00 Å². The van der Waals surface area contributed by atoms with E-state index < -0.39 is 11.8 Å². The smallest absolute Gasteiger partial charge is 0.262 e. The number of thiophene rings is 1. The zero-order valence-corrected chi connectivity index (χ0v) is 17.8. The molecule has 1 heterocycles. The van der Waals surface area contributed by atoms with E-state index in [1.807, 2.05) is 0 Å². The molecule has 3 N–H and O–H groups in total. The summed E-state index contributed by atoms with van der Waals surface area (Å²) in [5, 5.41) is 4.15. The Labute approximate surface area is 175 Å². The van der Waals surface area contributed by atoms with Gasteiger partial charge in [0.1, 0.15) is 5.00 Å². The third kappa shape index (κ3) is 3.76. The van der Waals surface area contributed by atoms with Crippen LogP contribution in [0.15, 0.2) is 0 Å². The first kappa shape index (κ1) is 20.3. The molecule has 2 aromatic rings. The van der Waals surface area contributed by atoms with Crippen LogP contribution in [-0.4, -0.2) is 18.4 Å². The predicted molar refractivity (Wildman–Crippen MR) is 110 cm³/mol. The normalized spacial score (nSPS) is 12.8. The zero-order valence-electron chi connectivity index (χ0n) is 14.7. The average Bonchev–Trinajstić information content (AvgIpc) is 3.18. The Morgan fingerprint density at radius 3 is 2.33 bits per heavy atom. The number of halogens is 3. The molecule has 0 atom stereocenters. The van der Waals surface area contributed by atoms with Gasteiger partial charge < -0.3 is 15.8 Å².